The summed E-state index contributed by atoms with van der Waals surface area (Å²) in [6.07, 6.45) is 21.6. The van der Waals surface area contributed by atoms with E-state index in [1.54, 1.807) is 23.1 Å². The van der Waals surface area contributed by atoms with E-state index in [9.17, 15) is 24.9 Å². The Balaban J connectivity index is 1.78. The number of hydrogen-bond donors (Lipinski definition) is 4. The van der Waals surface area contributed by atoms with Gasteiger partial charge in [0, 0.05) is 44.2 Å². The Hall–Kier alpha value is -3.95. The molecule has 4 N–H and O–H groups in total. The van der Waals surface area contributed by atoms with Gasteiger partial charge in [0.15, 0.2) is 0 Å². The number of ether oxygens (including phenoxy) is 5. The van der Waals surface area contributed by atoms with Gasteiger partial charge in [0.25, 0.3) is 0 Å². The van der Waals surface area contributed by atoms with Crippen LogP contribution in [0, 0.1) is 17.8 Å². The van der Waals surface area contributed by atoms with Crippen LogP contribution in [0.5, 0.6) is 11.5 Å². The van der Waals surface area contributed by atoms with Crippen LogP contribution in [-0.2, 0) is 19.0 Å². The van der Waals surface area contributed by atoms with Crippen LogP contribution in [0.2, 0.25) is 0 Å². The van der Waals surface area contributed by atoms with Crippen LogP contribution in [0.1, 0.15) is 141 Å². The number of rotatable bonds is 34. The number of fused-ring (bicyclic) bond motifs is 2. The number of nitrogens with zero attached hydrogens (tertiary/aromatic N) is 2. The molecule has 65 heavy (non-hydrogen) atoms. The van der Waals surface area contributed by atoms with Crippen LogP contribution in [0.15, 0.2) is 60.3 Å². The van der Waals surface area contributed by atoms with Gasteiger partial charge in [-0.05, 0) is 81.1 Å². The lowest BCUT2D eigenvalue weighted by atomic mass is 9.55. The van der Waals surface area contributed by atoms with Crippen LogP contribution in [0.4, 0.5) is 9.59 Å². The summed E-state index contributed by atoms with van der Waals surface area (Å²) in [4.78, 5) is 35.0. The predicted octanol–water partition coefficient (Wildman–Crippen LogP) is 9.37. The second-order valence-electron chi connectivity index (χ2n) is 17.4. The zero-order valence-electron chi connectivity index (χ0n) is 39.6. The molecule has 1 aromatic rings. The molecular weight excluding hydrogens is 831 g/mol. The normalized spacial score (nSPS) is 22.5. The molecule has 2 amide bonds. The third kappa shape index (κ3) is 15.8. The quantitative estimate of drug-likeness (QED) is 0.0294. The molecule has 3 aliphatic rings. The van der Waals surface area contributed by atoms with E-state index < -0.39 is 29.9 Å². The van der Waals surface area contributed by atoms with Crippen molar-refractivity contribution in [2.45, 2.75) is 147 Å². The molecule has 1 aliphatic heterocycles. The van der Waals surface area contributed by atoms with Gasteiger partial charge in [0.2, 0.25) is 5.79 Å². The fraction of sp³-hybridized carbons (Fsp3) is 0.706. The summed E-state index contributed by atoms with van der Waals surface area (Å²) in [6, 6.07) is 4.63. The highest BCUT2D eigenvalue weighted by atomic mass is 16.7. The van der Waals surface area contributed by atoms with E-state index in [0.717, 1.165) is 56.1 Å². The van der Waals surface area contributed by atoms with Gasteiger partial charge in [-0.15, -0.1) is 13.2 Å². The Bertz CT molecular complexity index is 1640. The van der Waals surface area contributed by atoms with E-state index in [1.807, 2.05) is 19.1 Å². The molecule has 1 fully saturated rings. The van der Waals surface area contributed by atoms with E-state index >= 15 is 0 Å². The standard InChI is InChI=1S/C51H81N3O11/c1-5-9-11-12-13-14-15-16-17-20-27-52-49(58)64-40-25-26-45-43(37-40)47-41(24-19-22-30-56)39(23-18-21-29-55)36-42-44(53-63-8-4)38-46(51(65-45,48(42)47)62-32-7-3)54(28-34-60-35-31-57)50(59)61-33-10-6-2/h6-7,25-26,36-37,39,41,46-48,55-57H,2-3,5,8-24,27-35,38H2,1,4H3,(H,52,58). The van der Waals surface area contributed by atoms with Gasteiger partial charge >= 0.3 is 12.2 Å². The lowest BCUT2D eigenvalue weighted by molar-refractivity contribution is -0.256. The molecule has 366 valence electrons. The van der Waals surface area contributed by atoms with Gasteiger partial charge in [0.1, 0.15) is 24.1 Å². The van der Waals surface area contributed by atoms with Gasteiger partial charge in [0.05, 0.1) is 44.7 Å². The lowest BCUT2D eigenvalue weighted by Gasteiger charge is -2.59. The Labute approximate surface area is 388 Å². The number of allylic oxidation sites excluding steroid dienone is 1. The van der Waals surface area contributed by atoms with Gasteiger partial charge in [-0.25, -0.2) is 9.59 Å². The maximum atomic E-state index is 14.3. The zero-order chi connectivity index (χ0) is 46.7. The first kappa shape index (κ1) is 53.7. The van der Waals surface area contributed by atoms with E-state index in [2.05, 4.69) is 31.5 Å². The monoisotopic (exact) mass is 912 g/mol. The third-order valence-corrected chi connectivity index (χ3v) is 12.8. The van der Waals surface area contributed by atoms with Crippen molar-refractivity contribution < 1.29 is 53.4 Å². The van der Waals surface area contributed by atoms with Crippen molar-refractivity contribution in [1.29, 1.82) is 0 Å². The molecule has 1 aromatic carbocycles. The van der Waals surface area contributed by atoms with Crippen molar-refractivity contribution in [1.82, 2.24) is 10.2 Å². The molecular formula is C51H81N3O11. The number of hydrogen-bond acceptors (Lipinski definition) is 12. The van der Waals surface area contributed by atoms with Gasteiger partial charge in [-0.1, -0.05) is 101 Å². The predicted molar refractivity (Wildman–Crippen MR) is 253 cm³/mol. The molecule has 2 aliphatic carbocycles. The number of carbonyl (C=O) groups is 2. The summed E-state index contributed by atoms with van der Waals surface area (Å²) in [5, 5.41) is 37.0. The third-order valence-electron chi connectivity index (χ3n) is 12.8. The number of nitrogens with one attached hydrogen (secondary N) is 1. The Kier molecular flexibility index (Phi) is 25.1. The van der Waals surface area contributed by atoms with Crippen molar-refractivity contribution in [3.8, 4) is 11.5 Å². The fourth-order valence-corrected chi connectivity index (χ4v) is 9.82. The Morgan fingerprint density at radius 1 is 0.892 bits per heavy atom. The summed E-state index contributed by atoms with van der Waals surface area (Å²) < 4.78 is 31.8. The number of carbonyl (C=O) groups excluding carboxylic acids is 2. The molecule has 4 rings (SSSR count). The summed E-state index contributed by atoms with van der Waals surface area (Å²) in [5.74, 6) is -1.44. The van der Waals surface area contributed by atoms with Gasteiger partial charge in [-0.2, -0.15) is 0 Å². The molecule has 1 heterocycles. The van der Waals surface area contributed by atoms with Crippen molar-refractivity contribution in [2.24, 2.45) is 22.9 Å². The van der Waals surface area contributed by atoms with Crippen LogP contribution in [0.25, 0.3) is 0 Å². The smallest absolute Gasteiger partial charge is 0.412 e. The van der Waals surface area contributed by atoms with Crippen molar-refractivity contribution >= 4 is 17.9 Å². The number of benzene rings is 1. The summed E-state index contributed by atoms with van der Waals surface area (Å²) in [5.41, 5.74) is 2.37. The molecule has 0 saturated heterocycles. The Morgan fingerprint density at radius 2 is 1.62 bits per heavy atom. The highest BCUT2D eigenvalue weighted by Crippen LogP contribution is 2.62. The molecule has 6 unspecified atom stereocenters. The Morgan fingerprint density at radius 3 is 2.29 bits per heavy atom. The van der Waals surface area contributed by atoms with Crippen LogP contribution >= 0.6 is 0 Å². The highest BCUT2D eigenvalue weighted by Gasteiger charge is 2.65. The van der Waals surface area contributed by atoms with Gasteiger partial charge < -0.3 is 49.2 Å². The second-order valence-corrected chi connectivity index (χ2v) is 17.4. The molecule has 0 bridgehead atoms. The van der Waals surface area contributed by atoms with Crippen molar-refractivity contribution in [3.63, 3.8) is 0 Å². The first-order chi connectivity index (χ1) is 31.8. The molecule has 14 nitrogen and oxygen atoms in total. The first-order valence-corrected chi connectivity index (χ1v) is 24.7. The largest absolute Gasteiger partial charge is 0.459 e. The van der Waals surface area contributed by atoms with Crippen molar-refractivity contribution in [3.05, 3.63) is 60.7 Å². The number of unbranched alkanes of at least 4 members (excludes halogenated alkanes) is 11. The van der Waals surface area contributed by atoms with Crippen LogP contribution in [-0.4, -0.2) is 116 Å². The van der Waals surface area contributed by atoms with Crippen LogP contribution in [0.3, 0.4) is 0 Å². The lowest BCUT2D eigenvalue weighted by Crippen LogP contribution is -2.70. The van der Waals surface area contributed by atoms with Crippen LogP contribution < -0.4 is 14.8 Å². The van der Waals surface area contributed by atoms with E-state index in [1.165, 1.54) is 44.9 Å². The minimum absolute atomic E-state index is 0.0169. The summed E-state index contributed by atoms with van der Waals surface area (Å²) in [7, 11) is 0. The topological polar surface area (TPSA) is 178 Å². The molecule has 1 saturated carbocycles. The SMILES string of the molecule is C=CCCOC(=O)N(CCOCCO)C1CC(=NOCC)C2=CC(CCCCO)C(CCCCO)C3c4cc(OC(=O)NCCCCCCCCCCCC)ccc4OC1(OCC=C)C23. The zero-order valence-corrected chi connectivity index (χ0v) is 39.6. The van der Waals surface area contributed by atoms with Crippen molar-refractivity contribution in [2.75, 3.05) is 65.9 Å². The van der Waals surface area contributed by atoms with Gasteiger partial charge in [-0.3, -0.25) is 4.90 Å². The maximum absolute atomic E-state index is 14.3. The number of amides is 2. The molecule has 0 radical (unpaired) electrons. The molecule has 6 atom stereocenters. The fourth-order valence-electron chi connectivity index (χ4n) is 9.82. The maximum Gasteiger partial charge on any atom is 0.412 e. The minimum Gasteiger partial charge on any atom is -0.459 e. The summed E-state index contributed by atoms with van der Waals surface area (Å²) in [6.45, 7) is 13.2. The number of aliphatic hydroxyl groups is 3. The van der Waals surface area contributed by atoms with E-state index in [-0.39, 0.29) is 77.0 Å². The van der Waals surface area contributed by atoms with E-state index in [4.69, 9.17) is 33.7 Å². The molecule has 14 heteroatoms. The first-order valence-electron chi connectivity index (χ1n) is 24.7. The molecule has 0 spiro atoms. The number of aliphatic hydroxyl groups excluding tert-OH is 3. The van der Waals surface area contributed by atoms with E-state index in [0.29, 0.717) is 49.6 Å². The molecule has 0 aromatic heterocycles. The number of oxime groups is 1. The summed E-state index contributed by atoms with van der Waals surface area (Å²) >= 11 is 0. The second kappa shape index (κ2) is 30.4. The minimum atomic E-state index is -1.50. The highest BCUT2D eigenvalue weighted by molar-refractivity contribution is 6.03. The average molecular weight is 912 g/mol. The average Bonchev–Trinajstić information content (AvgIpc) is 3.30.